The van der Waals surface area contributed by atoms with Gasteiger partial charge in [-0.25, -0.2) is 0 Å². The topological polar surface area (TPSA) is 35.8 Å². The number of nitriles is 1. The maximum Gasteiger partial charge on any atom is 0.0992 e. The van der Waals surface area contributed by atoms with E-state index in [4.69, 9.17) is 16.9 Å². The van der Waals surface area contributed by atoms with Gasteiger partial charge in [-0.15, -0.1) is 0 Å². The highest BCUT2D eigenvalue weighted by Crippen LogP contribution is 2.26. The van der Waals surface area contributed by atoms with Gasteiger partial charge in [0.25, 0.3) is 0 Å². The molecule has 0 fully saturated rings. The number of nitrogens with zero attached hydrogens (tertiary/aromatic N) is 1. The summed E-state index contributed by atoms with van der Waals surface area (Å²) in [5.74, 6) is 0. The lowest BCUT2D eigenvalue weighted by molar-refractivity contribution is 1.14. The van der Waals surface area contributed by atoms with E-state index in [9.17, 15) is 0 Å². The minimum Gasteiger partial charge on any atom is -0.380 e. The molecular formula is C14H9Br2ClN2. The molecule has 0 saturated heterocycles. The third-order valence-electron chi connectivity index (χ3n) is 2.58. The second-order valence-corrected chi connectivity index (χ2v) is 6.07. The lowest BCUT2D eigenvalue weighted by atomic mass is 10.2. The Labute approximate surface area is 133 Å². The minimum atomic E-state index is 0.614. The SMILES string of the molecule is N#Cc1ccc(NCc2cc(Br)ccc2Cl)c(Br)c1. The molecule has 19 heavy (non-hydrogen) atoms. The van der Waals surface area contributed by atoms with Gasteiger partial charge in [0, 0.05) is 26.2 Å². The molecule has 96 valence electrons. The molecule has 5 heteroatoms. The lowest BCUT2D eigenvalue weighted by Gasteiger charge is -2.10. The fourth-order valence-corrected chi connectivity index (χ4v) is 2.71. The molecule has 2 aromatic carbocycles. The summed E-state index contributed by atoms with van der Waals surface area (Å²) in [6, 6.07) is 13.3. The van der Waals surface area contributed by atoms with Crippen LogP contribution in [0.5, 0.6) is 0 Å². The first kappa shape index (κ1) is 14.4. The summed E-state index contributed by atoms with van der Waals surface area (Å²) >= 11 is 13.0. The molecule has 0 radical (unpaired) electrons. The van der Waals surface area contributed by atoms with Crippen LogP contribution >= 0.6 is 43.5 Å². The Balaban J connectivity index is 2.15. The van der Waals surface area contributed by atoms with Crippen LogP contribution in [0.3, 0.4) is 0 Å². The maximum atomic E-state index is 8.81. The van der Waals surface area contributed by atoms with Gasteiger partial charge >= 0.3 is 0 Å². The molecule has 0 bridgehead atoms. The predicted molar refractivity (Wildman–Crippen MR) is 85.3 cm³/mol. The standard InChI is InChI=1S/C14H9Br2ClN2/c15-11-2-3-13(17)10(6-11)8-19-14-4-1-9(7-18)5-12(14)16/h1-6,19H,8H2. The fraction of sp³-hybridized carbons (Fsp3) is 0.0714. The summed E-state index contributed by atoms with van der Waals surface area (Å²) in [7, 11) is 0. The Hall–Kier alpha value is -1.02. The Bertz CT molecular complexity index is 650. The van der Waals surface area contributed by atoms with Crippen LogP contribution in [0.2, 0.25) is 5.02 Å². The van der Waals surface area contributed by atoms with Crippen molar-refractivity contribution in [1.82, 2.24) is 0 Å². The number of hydrogen-bond acceptors (Lipinski definition) is 2. The summed E-state index contributed by atoms with van der Waals surface area (Å²) in [4.78, 5) is 0. The van der Waals surface area contributed by atoms with Crippen molar-refractivity contribution in [3.63, 3.8) is 0 Å². The van der Waals surface area contributed by atoms with Gasteiger partial charge in [-0.2, -0.15) is 5.26 Å². The quantitative estimate of drug-likeness (QED) is 0.754. The van der Waals surface area contributed by atoms with Crippen molar-refractivity contribution in [1.29, 1.82) is 5.26 Å². The number of nitrogens with one attached hydrogen (secondary N) is 1. The molecule has 0 saturated carbocycles. The van der Waals surface area contributed by atoms with Gasteiger partial charge < -0.3 is 5.32 Å². The van der Waals surface area contributed by atoms with E-state index >= 15 is 0 Å². The zero-order chi connectivity index (χ0) is 13.8. The number of halogens is 3. The Kier molecular flexibility index (Phi) is 4.87. The predicted octanol–water partition coefficient (Wildman–Crippen LogP) is 5.35. The normalized spacial score (nSPS) is 10.0. The third-order valence-corrected chi connectivity index (χ3v) is 4.09. The van der Waals surface area contributed by atoms with E-state index in [2.05, 4.69) is 43.2 Å². The molecule has 0 aliphatic rings. The smallest absolute Gasteiger partial charge is 0.0992 e. The van der Waals surface area contributed by atoms with Crippen LogP contribution < -0.4 is 5.32 Å². The highest BCUT2D eigenvalue weighted by molar-refractivity contribution is 9.10. The van der Waals surface area contributed by atoms with E-state index in [1.54, 1.807) is 12.1 Å². The molecule has 2 nitrogen and oxygen atoms in total. The van der Waals surface area contributed by atoms with Crippen molar-refractivity contribution in [2.45, 2.75) is 6.54 Å². The van der Waals surface area contributed by atoms with Gasteiger partial charge in [-0.3, -0.25) is 0 Å². The highest BCUT2D eigenvalue weighted by Gasteiger charge is 2.04. The van der Waals surface area contributed by atoms with Crippen LogP contribution in [0, 0.1) is 11.3 Å². The monoisotopic (exact) mass is 398 g/mol. The van der Waals surface area contributed by atoms with Gasteiger partial charge in [0.2, 0.25) is 0 Å². The summed E-state index contributed by atoms with van der Waals surface area (Å²) in [5.41, 5.74) is 2.56. The summed E-state index contributed by atoms with van der Waals surface area (Å²) < 4.78 is 1.85. The van der Waals surface area contributed by atoms with Crippen LogP contribution in [-0.4, -0.2) is 0 Å². The molecule has 0 heterocycles. The second kappa shape index (κ2) is 6.42. The van der Waals surface area contributed by atoms with E-state index in [1.165, 1.54) is 0 Å². The van der Waals surface area contributed by atoms with E-state index in [0.29, 0.717) is 12.1 Å². The summed E-state index contributed by atoms with van der Waals surface area (Å²) in [6.45, 7) is 0.614. The van der Waals surface area contributed by atoms with E-state index in [1.807, 2.05) is 24.3 Å². The summed E-state index contributed by atoms with van der Waals surface area (Å²) in [5, 5.41) is 12.8. The molecule has 2 aromatic rings. The maximum absolute atomic E-state index is 8.81. The molecule has 0 spiro atoms. The van der Waals surface area contributed by atoms with Gasteiger partial charge in [-0.1, -0.05) is 27.5 Å². The summed E-state index contributed by atoms with van der Waals surface area (Å²) in [6.07, 6.45) is 0. The first-order valence-electron chi connectivity index (χ1n) is 5.47. The van der Waals surface area contributed by atoms with E-state index in [0.717, 1.165) is 25.2 Å². The molecule has 2 rings (SSSR count). The largest absolute Gasteiger partial charge is 0.380 e. The van der Waals surface area contributed by atoms with Crippen molar-refractivity contribution < 1.29 is 0 Å². The van der Waals surface area contributed by atoms with Gasteiger partial charge in [0.15, 0.2) is 0 Å². The van der Waals surface area contributed by atoms with Gasteiger partial charge in [-0.05, 0) is 57.9 Å². The average molecular weight is 401 g/mol. The molecule has 0 amide bonds. The van der Waals surface area contributed by atoms with Crippen molar-refractivity contribution in [2.24, 2.45) is 0 Å². The van der Waals surface area contributed by atoms with Gasteiger partial charge in [0.05, 0.1) is 11.6 Å². The third kappa shape index (κ3) is 3.73. The molecule has 0 atom stereocenters. The zero-order valence-electron chi connectivity index (χ0n) is 9.75. The minimum absolute atomic E-state index is 0.614. The van der Waals surface area contributed by atoms with Crippen LogP contribution in [-0.2, 0) is 6.54 Å². The zero-order valence-corrected chi connectivity index (χ0v) is 13.7. The first-order chi connectivity index (χ1) is 9.10. The molecule has 0 aliphatic heterocycles. The molecule has 1 N–H and O–H groups in total. The van der Waals surface area contributed by atoms with Crippen LogP contribution in [0.4, 0.5) is 5.69 Å². The Morgan fingerprint density at radius 3 is 2.63 bits per heavy atom. The van der Waals surface area contributed by atoms with Crippen molar-refractivity contribution in [2.75, 3.05) is 5.32 Å². The first-order valence-corrected chi connectivity index (χ1v) is 7.44. The number of anilines is 1. The molecule has 0 aromatic heterocycles. The number of benzene rings is 2. The molecule has 0 unspecified atom stereocenters. The average Bonchev–Trinajstić information content (AvgIpc) is 2.40. The Morgan fingerprint density at radius 2 is 1.95 bits per heavy atom. The molecule has 0 aliphatic carbocycles. The van der Waals surface area contributed by atoms with Crippen molar-refractivity contribution in [3.8, 4) is 6.07 Å². The Morgan fingerprint density at radius 1 is 1.16 bits per heavy atom. The highest BCUT2D eigenvalue weighted by atomic mass is 79.9. The molecular weight excluding hydrogens is 391 g/mol. The van der Waals surface area contributed by atoms with E-state index in [-0.39, 0.29) is 0 Å². The van der Waals surface area contributed by atoms with Crippen molar-refractivity contribution in [3.05, 3.63) is 61.5 Å². The van der Waals surface area contributed by atoms with E-state index < -0.39 is 0 Å². The number of rotatable bonds is 3. The van der Waals surface area contributed by atoms with Crippen molar-refractivity contribution >= 4 is 49.1 Å². The van der Waals surface area contributed by atoms with Crippen LogP contribution in [0.15, 0.2) is 45.3 Å². The van der Waals surface area contributed by atoms with Crippen LogP contribution in [0.1, 0.15) is 11.1 Å². The van der Waals surface area contributed by atoms with Crippen LogP contribution in [0.25, 0.3) is 0 Å². The lowest BCUT2D eigenvalue weighted by Crippen LogP contribution is -2.01. The fourth-order valence-electron chi connectivity index (χ4n) is 1.60. The number of hydrogen-bond donors (Lipinski definition) is 1. The second-order valence-electron chi connectivity index (χ2n) is 3.90. The van der Waals surface area contributed by atoms with Gasteiger partial charge in [0.1, 0.15) is 0 Å².